The fourth-order valence-corrected chi connectivity index (χ4v) is 5.07. The molecule has 1 aliphatic heterocycles. The molecule has 0 bridgehead atoms. The second kappa shape index (κ2) is 7.14. The maximum atomic E-state index is 12.4. The van der Waals surface area contributed by atoms with Crippen LogP contribution < -0.4 is 12.4 Å². The van der Waals surface area contributed by atoms with Crippen molar-refractivity contribution in [1.29, 1.82) is 0 Å². The molecule has 1 fully saturated rings. The van der Waals surface area contributed by atoms with Crippen molar-refractivity contribution in [3.05, 3.63) is 48.0 Å². The van der Waals surface area contributed by atoms with Gasteiger partial charge in [-0.05, 0) is 34.5 Å². The molecule has 3 heteroatoms. The standard InChI is InChI=1S/C17H19OS.ClH/c18-17(10-13-19-11-3-4-12-19)16-9-5-7-14-6-1-2-8-15(14)16;/h1-2,5-9H,3-4,10-13H2;1H/q+1;/p-1. The van der Waals surface area contributed by atoms with Crippen LogP contribution in [0.3, 0.4) is 0 Å². The lowest BCUT2D eigenvalue weighted by atomic mass is 10.0. The number of carbonyl (C=O) groups is 1. The molecule has 0 saturated carbocycles. The molecule has 2 aromatic rings. The van der Waals surface area contributed by atoms with E-state index in [9.17, 15) is 4.79 Å². The number of halogens is 1. The van der Waals surface area contributed by atoms with Crippen LogP contribution in [0.4, 0.5) is 0 Å². The zero-order valence-corrected chi connectivity index (χ0v) is 13.1. The number of Topliss-reactive ketones (excluding diaryl/α,β-unsaturated/α-hetero) is 1. The van der Waals surface area contributed by atoms with Crippen molar-refractivity contribution in [3.63, 3.8) is 0 Å². The highest BCUT2D eigenvalue weighted by Crippen LogP contribution is 2.21. The van der Waals surface area contributed by atoms with E-state index in [2.05, 4.69) is 18.2 Å². The molecule has 0 amide bonds. The minimum absolute atomic E-state index is 0. The van der Waals surface area contributed by atoms with Gasteiger partial charge < -0.3 is 12.4 Å². The first-order valence-corrected chi connectivity index (χ1v) is 8.73. The molecule has 106 valence electrons. The van der Waals surface area contributed by atoms with Crippen molar-refractivity contribution < 1.29 is 17.2 Å². The number of ketones is 1. The number of fused-ring (bicyclic) bond motifs is 1. The molecule has 0 radical (unpaired) electrons. The molecule has 2 aromatic carbocycles. The van der Waals surface area contributed by atoms with Crippen LogP contribution in [0.5, 0.6) is 0 Å². The van der Waals surface area contributed by atoms with Gasteiger partial charge in [-0.15, -0.1) is 0 Å². The first-order valence-electron chi connectivity index (χ1n) is 7.00. The van der Waals surface area contributed by atoms with Gasteiger partial charge in [0.15, 0.2) is 5.78 Å². The Kier molecular flexibility index (Phi) is 5.50. The topological polar surface area (TPSA) is 17.1 Å². The van der Waals surface area contributed by atoms with Crippen LogP contribution in [-0.4, -0.2) is 23.0 Å². The summed E-state index contributed by atoms with van der Waals surface area (Å²) in [6.45, 7) is 0. The van der Waals surface area contributed by atoms with Crippen molar-refractivity contribution in [2.45, 2.75) is 19.3 Å². The zero-order valence-electron chi connectivity index (χ0n) is 11.5. The monoisotopic (exact) mass is 306 g/mol. The van der Waals surface area contributed by atoms with E-state index in [4.69, 9.17) is 0 Å². The Hall–Kier alpha value is -0.990. The summed E-state index contributed by atoms with van der Waals surface area (Å²) in [5, 5.41) is 2.27. The highest BCUT2D eigenvalue weighted by atomic mass is 35.5. The van der Waals surface area contributed by atoms with E-state index in [1.165, 1.54) is 24.3 Å². The van der Waals surface area contributed by atoms with Crippen molar-refractivity contribution in [3.8, 4) is 0 Å². The molecular formula is C17H19ClOS. The fourth-order valence-electron chi connectivity index (χ4n) is 2.76. The SMILES string of the molecule is O=C(CC[S+]1CCCC1)c1cccc2ccccc12.[Cl-]. The lowest BCUT2D eigenvalue weighted by molar-refractivity contribution is -0.0000116. The molecule has 1 heterocycles. The molecule has 0 atom stereocenters. The van der Waals surface area contributed by atoms with Gasteiger partial charge in [-0.25, -0.2) is 0 Å². The molecule has 3 rings (SSSR count). The van der Waals surface area contributed by atoms with Gasteiger partial charge in [-0.2, -0.15) is 0 Å². The maximum Gasteiger partial charge on any atom is 0.168 e. The van der Waals surface area contributed by atoms with Gasteiger partial charge >= 0.3 is 0 Å². The smallest absolute Gasteiger partial charge is 0.168 e. The number of hydrogen-bond donors (Lipinski definition) is 0. The Labute approximate surface area is 129 Å². The molecule has 0 N–H and O–H groups in total. The number of rotatable bonds is 4. The van der Waals surface area contributed by atoms with Gasteiger partial charge in [0.1, 0.15) is 17.3 Å². The van der Waals surface area contributed by atoms with E-state index >= 15 is 0 Å². The summed E-state index contributed by atoms with van der Waals surface area (Å²) in [6, 6.07) is 14.2. The Morgan fingerprint density at radius 3 is 2.50 bits per heavy atom. The number of carbonyl (C=O) groups excluding carboxylic acids is 1. The summed E-state index contributed by atoms with van der Waals surface area (Å²) in [5.41, 5.74) is 0.904. The quantitative estimate of drug-likeness (QED) is 0.604. The summed E-state index contributed by atoms with van der Waals surface area (Å²) in [7, 11) is 0.524. The largest absolute Gasteiger partial charge is 1.00 e. The second-order valence-electron chi connectivity index (χ2n) is 5.13. The van der Waals surface area contributed by atoms with Crippen molar-refractivity contribution in [2.24, 2.45) is 0 Å². The van der Waals surface area contributed by atoms with E-state index < -0.39 is 0 Å². The maximum absolute atomic E-state index is 12.4. The van der Waals surface area contributed by atoms with E-state index in [0.29, 0.717) is 16.7 Å². The third kappa shape index (κ3) is 3.36. The molecule has 1 aliphatic rings. The molecule has 0 spiro atoms. The Balaban J connectivity index is 0.00000147. The van der Waals surface area contributed by atoms with Gasteiger partial charge in [-0.1, -0.05) is 42.5 Å². The summed E-state index contributed by atoms with van der Waals surface area (Å²) in [6.07, 6.45) is 3.45. The van der Waals surface area contributed by atoms with Crippen LogP contribution in [-0.2, 0) is 10.9 Å². The summed E-state index contributed by atoms with van der Waals surface area (Å²) in [5.74, 6) is 4.12. The predicted octanol–water partition coefficient (Wildman–Crippen LogP) is 0.829. The second-order valence-corrected chi connectivity index (χ2v) is 7.58. The molecular weight excluding hydrogens is 288 g/mol. The van der Waals surface area contributed by atoms with E-state index in [0.717, 1.165) is 28.5 Å². The first-order chi connectivity index (χ1) is 9.34. The average Bonchev–Trinajstić information content (AvgIpc) is 2.97. The van der Waals surface area contributed by atoms with Gasteiger partial charge in [0.25, 0.3) is 0 Å². The summed E-state index contributed by atoms with van der Waals surface area (Å²) >= 11 is 0. The molecule has 1 nitrogen and oxygen atoms in total. The molecule has 20 heavy (non-hydrogen) atoms. The molecule has 0 aromatic heterocycles. The normalized spacial score (nSPS) is 15.2. The van der Waals surface area contributed by atoms with Crippen LogP contribution in [0.1, 0.15) is 29.6 Å². The highest BCUT2D eigenvalue weighted by Gasteiger charge is 2.24. The number of hydrogen-bond acceptors (Lipinski definition) is 1. The van der Waals surface area contributed by atoms with Crippen LogP contribution in [0.2, 0.25) is 0 Å². The summed E-state index contributed by atoms with van der Waals surface area (Å²) in [4.78, 5) is 12.4. The van der Waals surface area contributed by atoms with E-state index in [1.807, 2.05) is 24.3 Å². The van der Waals surface area contributed by atoms with Crippen LogP contribution in [0, 0.1) is 0 Å². The van der Waals surface area contributed by atoms with Crippen LogP contribution >= 0.6 is 0 Å². The first kappa shape index (κ1) is 15.4. The fraction of sp³-hybridized carbons (Fsp3) is 0.353. The highest BCUT2D eigenvalue weighted by molar-refractivity contribution is 7.97. The van der Waals surface area contributed by atoms with Crippen molar-refractivity contribution in [2.75, 3.05) is 17.3 Å². The lowest BCUT2D eigenvalue weighted by Crippen LogP contribution is -3.00. The Bertz CT molecular complexity index is 585. The third-order valence-electron chi connectivity index (χ3n) is 3.82. The van der Waals surface area contributed by atoms with E-state index in [1.54, 1.807) is 0 Å². The molecule has 1 saturated heterocycles. The molecule has 0 aliphatic carbocycles. The number of benzene rings is 2. The van der Waals surface area contributed by atoms with Crippen molar-refractivity contribution in [1.82, 2.24) is 0 Å². The van der Waals surface area contributed by atoms with Gasteiger partial charge in [0, 0.05) is 5.56 Å². The zero-order chi connectivity index (χ0) is 13.1. The average molecular weight is 307 g/mol. The predicted molar refractivity (Wildman–Crippen MR) is 84.1 cm³/mol. The molecule has 0 unspecified atom stereocenters. The van der Waals surface area contributed by atoms with E-state index in [-0.39, 0.29) is 12.4 Å². The third-order valence-corrected chi connectivity index (χ3v) is 6.34. The van der Waals surface area contributed by atoms with Crippen LogP contribution in [0.25, 0.3) is 10.8 Å². The van der Waals surface area contributed by atoms with Gasteiger partial charge in [-0.3, -0.25) is 4.79 Å². The van der Waals surface area contributed by atoms with Crippen LogP contribution in [0.15, 0.2) is 42.5 Å². The van der Waals surface area contributed by atoms with Crippen molar-refractivity contribution >= 4 is 27.5 Å². The Morgan fingerprint density at radius 2 is 1.70 bits per heavy atom. The minimum atomic E-state index is 0. The summed E-state index contributed by atoms with van der Waals surface area (Å²) < 4.78 is 0. The van der Waals surface area contributed by atoms with Gasteiger partial charge in [0.05, 0.1) is 6.42 Å². The Morgan fingerprint density at radius 1 is 1.00 bits per heavy atom. The minimum Gasteiger partial charge on any atom is -1.00 e. The lowest BCUT2D eigenvalue weighted by Gasteiger charge is -2.05. The van der Waals surface area contributed by atoms with Gasteiger partial charge in [0.2, 0.25) is 0 Å².